The van der Waals surface area contributed by atoms with Crippen LogP contribution in [0.2, 0.25) is 0 Å². The Bertz CT molecular complexity index is 492. The monoisotopic (exact) mass is 264 g/mol. The summed E-state index contributed by atoms with van der Waals surface area (Å²) in [5.41, 5.74) is 0.402. The predicted octanol–water partition coefficient (Wildman–Crippen LogP) is 1.42. The number of likely N-dealkylation sites (tertiary alicyclic amines) is 1. The van der Waals surface area contributed by atoms with Crippen LogP contribution in [0.4, 0.5) is 16.2 Å². The zero-order valence-corrected chi connectivity index (χ0v) is 10.6. The lowest BCUT2D eigenvalue weighted by Crippen LogP contribution is -2.36. The van der Waals surface area contributed by atoms with E-state index in [1.165, 1.54) is 12.1 Å². The standard InChI is InChI=1S/C12H16N4O3/c1-13-10-5-6-15(8-10)12(17)14-9-3-2-4-11(7-9)16(18)19/h2-4,7,10,13H,5-6,8H2,1H3,(H,14,17). The number of benzene rings is 1. The number of nitrogens with one attached hydrogen (secondary N) is 2. The molecule has 1 heterocycles. The minimum absolute atomic E-state index is 0.0349. The van der Waals surface area contributed by atoms with Crippen LogP contribution in [-0.4, -0.2) is 42.0 Å². The molecule has 102 valence electrons. The van der Waals surface area contributed by atoms with Crippen molar-refractivity contribution in [1.29, 1.82) is 0 Å². The third-order valence-electron chi connectivity index (χ3n) is 3.19. The number of hydrogen-bond acceptors (Lipinski definition) is 4. The van der Waals surface area contributed by atoms with Crippen molar-refractivity contribution in [3.63, 3.8) is 0 Å². The number of carbonyl (C=O) groups is 1. The first-order valence-corrected chi connectivity index (χ1v) is 6.08. The van der Waals surface area contributed by atoms with E-state index in [9.17, 15) is 14.9 Å². The van der Waals surface area contributed by atoms with Gasteiger partial charge in [-0.2, -0.15) is 0 Å². The number of carbonyl (C=O) groups excluding carboxylic acids is 1. The zero-order valence-electron chi connectivity index (χ0n) is 10.6. The Morgan fingerprint density at radius 2 is 2.32 bits per heavy atom. The largest absolute Gasteiger partial charge is 0.323 e. The maximum atomic E-state index is 12.0. The fourth-order valence-electron chi connectivity index (χ4n) is 2.08. The van der Waals surface area contributed by atoms with Gasteiger partial charge in [0.2, 0.25) is 0 Å². The predicted molar refractivity (Wildman–Crippen MR) is 71.2 cm³/mol. The SMILES string of the molecule is CNC1CCN(C(=O)Nc2cccc([N+](=O)[O-])c2)C1. The Labute approximate surface area is 110 Å². The Morgan fingerprint density at radius 3 is 2.95 bits per heavy atom. The minimum atomic E-state index is -0.484. The highest BCUT2D eigenvalue weighted by Gasteiger charge is 2.25. The molecule has 0 bridgehead atoms. The van der Waals surface area contributed by atoms with Crippen molar-refractivity contribution in [1.82, 2.24) is 10.2 Å². The molecule has 2 amide bonds. The Hall–Kier alpha value is -2.15. The number of nitro benzene ring substituents is 1. The first kappa shape index (κ1) is 13.3. The van der Waals surface area contributed by atoms with E-state index in [0.29, 0.717) is 24.8 Å². The van der Waals surface area contributed by atoms with E-state index >= 15 is 0 Å². The quantitative estimate of drug-likeness (QED) is 0.638. The van der Waals surface area contributed by atoms with Crippen LogP contribution < -0.4 is 10.6 Å². The van der Waals surface area contributed by atoms with Crippen molar-refractivity contribution in [2.24, 2.45) is 0 Å². The molecule has 19 heavy (non-hydrogen) atoms. The summed E-state index contributed by atoms with van der Waals surface area (Å²) in [7, 11) is 1.87. The summed E-state index contributed by atoms with van der Waals surface area (Å²) in [5.74, 6) is 0. The second kappa shape index (κ2) is 5.66. The molecular formula is C12H16N4O3. The van der Waals surface area contributed by atoms with Gasteiger partial charge in [0.05, 0.1) is 4.92 Å². The molecule has 0 aromatic heterocycles. The number of urea groups is 1. The smallest absolute Gasteiger partial charge is 0.321 e. The van der Waals surface area contributed by atoms with Crippen LogP contribution in [0.25, 0.3) is 0 Å². The van der Waals surface area contributed by atoms with Gasteiger partial charge >= 0.3 is 6.03 Å². The van der Waals surface area contributed by atoms with Gasteiger partial charge in [0, 0.05) is 37.0 Å². The number of non-ortho nitro benzene ring substituents is 1. The number of nitro groups is 1. The summed E-state index contributed by atoms with van der Waals surface area (Å²) in [6, 6.07) is 6.02. The normalized spacial score (nSPS) is 18.4. The van der Waals surface area contributed by atoms with Gasteiger partial charge in [-0.1, -0.05) is 6.07 Å². The summed E-state index contributed by atoms with van der Waals surface area (Å²) in [5, 5.41) is 16.5. The van der Waals surface area contributed by atoms with E-state index in [1.54, 1.807) is 17.0 Å². The van der Waals surface area contributed by atoms with E-state index in [0.717, 1.165) is 6.42 Å². The highest BCUT2D eigenvalue weighted by molar-refractivity contribution is 5.89. The fourth-order valence-corrected chi connectivity index (χ4v) is 2.08. The molecule has 1 aliphatic rings. The van der Waals surface area contributed by atoms with Gasteiger partial charge in [-0.3, -0.25) is 10.1 Å². The molecular weight excluding hydrogens is 248 g/mol. The number of amides is 2. The number of anilines is 1. The van der Waals surface area contributed by atoms with E-state index in [-0.39, 0.29) is 11.7 Å². The summed E-state index contributed by atoms with van der Waals surface area (Å²) in [4.78, 5) is 23.8. The highest BCUT2D eigenvalue weighted by atomic mass is 16.6. The van der Waals surface area contributed by atoms with Crippen LogP contribution in [0, 0.1) is 10.1 Å². The summed E-state index contributed by atoms with van der Waals surface area (Å²) < 4.78 is 0. The third-order valence-corrected chi connectivity index (χ3v) is 3.19. The van der Waals surface area contributed by atoms with Gasteiger partial charge in [0.1, 0.15) is 0 Å². The molecule has 1 saturated heterocycles. The van der Waals surface area contributed by atoms with E-state index in [2.05, 4.69) is 10.6 Å². The van der Waals surface area contributed by atoms with Gasteiger partial charge in [-0.15, -0.1) is 0 Å². The summed E-state index contributed by atoms with van der Waals surface area (Å²) >= 11 is 0. The average molecular weight is 264 g/mol. The molecule has 2 rings (SSSR count). The maximum absolute atomic E-state index is 12.0. The van der Waals surface area contributed by atoms with Crippen LogP contribution in [0.5, 0.6) is 0 Å². The lowest BCUT2D eigenvalue weighted by molar-refractivity contribution is -0.384. The van der Waals surface area contributed by atoms with Crippen molar-refractivity contribution in [2.45, 2.75) is 12.5 Å². The topological polar surface area (TPSA) is 87.5 Å². The summed E-state index contributed by atoms with van der Waals surface area (Å²) in [6.07, 6.45) is 0.916. The molecule has 0 radical (unpaired) electrons. The minimum Gasteiger partial charge on any atom is -0.323 e. The zero-order chi connectivity index (χ0) is 13.8. The molecule has 1 unspecified atom stereocenters. The maximum Gasteiger partial charge on any atom is 0.321 e. The van der Waals surface area contributed by atoms with Crippen LogP contribution in [0.3, 0.4) is 0 Å². The Morgan fingerprint density at radius 1 is 1.53 bits per heavy atom. The number of rotatable bonds is 3. The molecule has 0 saturated carbocycles. The molecule has 1 aromatic carbocycles. The van der Waals surface area contributed by atoms with Crippen LogP contribution >= 0.6 is 0 Å². The molecule has 1 fully saturated rings. The van der Waals surface area contributed by atoms with Crippen molar-refractivity contribution in [3.8, 4) is 0 Å². The van der Waals surface area contributed by atoms with Crippen LogP contribution in [-0.2, 0) is 0 Å². The van der Waals surface area contributed by atoms with Gasteiger partial charge in [0.15, 0.2) is 0 Å². The van der Waals surface area contributed by atoms with Crippen molar-refractivity contribution < 1.29 is 9.72 Å². The van der Waals surface area contributed by atoms with E-state index in [4.69, 9.17) is 0 Å². The average Bonchev–Trinajstić information content (AvgIpc) is 2.88. The molecule has 0 aliphatic carbocycles. The van der Waals surface area contributed by atoms with Crippen LogP contribution in [0.1, 0.15) is 6.42 Å². The van der Waals surface area contributed by atoms with E-state index in [1.807, 2.05) is 7.05 Å². The molecule has 7 nitrogen and oxygen atoms in total. The van der Waals surface area contributed by atoms with Crippen molar-refractivity contribution in [2.75, 3.05) is 25.5 Å². The molecule has 1 aliphatic heterocycles. The lowest BCUT2D eigenvalue weighted by atomic mass is 10.3. The Balaban J connectivity index is 1.99. The Kier molecular flexibility index (Phi) is 3.96. The van der Waals surface area contributed by atoms with Crippen molar-refractivity contribution in [3.05, 3.63) is 34.4 Å². The molecule has 1 aromatic rings. The molecule has 1 atom stereocenters. The number of hydrogen-bond donors (Lipinski definition) is 2. The van der Waals surface area contributed by atoms with Gasteiger partial charge in [-0.25, -0.2) is 4.79 Å². The second-order valence-electron chi connectivity index (χ2n) is 4.46. The van der Waals surface area contributed by atoms with Crippen molar-refractivity contribution >= 4 is 17.4 Å². The highest BCUT2D eigenvalue weighted by Crippen LogP contribution is 2.18. The summed E-state index contributed by atoms with van der Waals surface area (Å²) in [6.45, 7) is 1.34. The number of nitrogens with zero attached hydrogens (tertiary/aromatic N) is 2. The fraction of sp³-hybridized carbons (Fsp3) is 0.417. The van der Waals surface area contributed by atoms with Gasteiger partial charge in [-0.05, 0) is 19.5 Å². The second-order valence-corrected chi connectivity index (χ2v) is 4.46. The third kappa shape index (κ3) is 3.19. The first-order chi connectivity index (χ1) is 9.10. The molecule has 0 spiro atoms. The van der Waals surface area contributed by atoms with Gasteiger partial charge < -0.3 is 15.5 Å². The lowest BCUT2D eigenvalue weighted by Gasteiger charge is -2.17. The van der Waals surface area contributed by atoms with Gasteiger partial charge in [0.25, 0.3) is 5.69 Å². The molecule has 7 heteroatoms. The first-order valence-electron chi connectivity index (χ1n) is 6.08. The van der Waals surface area contributed by atoms with E-state index < -0.39 is 4.92 Å². The number of likely N-dealkylation sites (N-methyl/N-ethyl adjacent to an activating group) is 1. The van der Waals surface area contributed by atoms with Crippen LogP contribution in [0.15, 0.2) is 24.3 Å². The molecule has 2 N–H and O–H groups in total.